The van der Waals surface area contributed by atoms with Gasteiger partial charge in [0.2, 0.25) is 59.0 Å². The van der Waals surface area contributed by atoms with Gasteiger partial charge in [-0.05, 0) is 291 Å². The normalized spacial score (nSPS) is 13.4. The third-order valence-corrected chi connectivity index (χ3v) is 36.7. The van der Waals surface area contributed by atoms with Crippen LogP contribution < -0.4 is 55.6 Å². The fraction of sp³-hybridized carbons (Fsp3) is 0.0667. The maximum Gasteiger partial charge on any atom is 0.460 e. The first kappa shape index (κ1) is 90.8. The van der Waals surface area contributed by atoms with E-state index in [1.54, 1.807) is 0 Å². The van der Waals surface area contributed by atoms with Gasteiger partial charge in [0.25, 0.3) is 0 Å². The summed E-state index contributed by atoms with van der Waals surface area (Å²) in [6.45, 7) is 22.8. The Morgan fingerprint density at radius 3 is 0.365 bits per heavy atom. The third kappa shape index (κ3) is 21.3. The zero-order valence-electron chi connectivity index (χ0n) is 66.6. The Morgan fingerprint density at radius 1 is 0.175 bits per heavy atom. The van der Waals surface area contributed by atoms with E-state index in [-0.39, 0.29) is 133 Å². The highest BCUT2D eigenvalue weighted by Gasteiger charge is 2.49. The summed E-state index contributed by atoms with van der Waals surface area (Å²) in [5.74, 6) is 0.396. The van der Waals surface area contributed by atoms with Crippen LogP contribution in [0.4, 0.5) is 0 Å². The molecule has 0 unspecified atom stereocenters. The van der Waals surface area contributed by atoms with Crippen LogP contribution in [0.3, 0.4) is 0 Å². The number of benzene rings is 12. The van der Waals surface area contributed by atoms with Crippen molar-refractivity contribution in [2.45, 2.75) is 58.7 Å². The van der Waals surface area contributed by atoms with Crippen molar-refractivity contribution >= 4 is 82.0 Å². The van der Waals surface area contributed by atoms with Crippen molar-refractivity contribution in [2.24, 2.45) is 13.5 Å². The molecule has 0 saturated heterocycles. The molecule has 0 amide bonds. The van der Waals surface area contributed by atoms with E-state index in [4.69, 9.17) is 69.1 Å². The van der Waals surface area contributed by atoms with Crippen LogP contribution in [0.2, 0.25) is 0 Å². The largest absolute Gasteiger partial charge is 0.490 e. The number of hydrogen-bond acceptors (Lipinski definition) is 27. The molecule has 0 saturated carbocycles. The quantitative estimate of drug-likeness (QED) is 0.0253. The highest BCUT2D eigenvalue weighted by Crippen LogP contribution is 2.79. The number of rotatable bonds is 42. The Hall–Kier alpha value is -12.9. The van der Waals surface area contributed by atoms with Crippen molar-refractivity contribution in [2.75, 3.05) is 39.6 Å². The van der Waals surface area contributed by atoms with Crippen molar-refractivity contribution < 1.29 is 106 Å². The number of sulfone groups is 6. The molecule has 0 fully saturated rings. The Balaban J connectivity index is 1.06. The lowest BCUT2D eigenvalue weighted by molar-refractivity contribution is 0.363. The van der Waals surface area contributed by atoms with E-state index in [9.17, 15) is 50.5 Å². The summed E-state index contributed by atoms with van der Waals surface area (Å²) in [7, 11) is -42.0. The molecular weight excluding hydrogens is 1790 g/mol. The zero-order chi connectivity index (χ0) is 89.4. The van der Waals surface area contributed by atoms with Crippen LogP contribution in [0.1, 0.15) is 0 Å². The van der Waals surface area contributed by atoms with Gasteiger partial charge < -0.3 is 55.6 Å². The van der Waals surface area contributed by atoms with Gasteiger partial charge in [0, 0.05) is 0 Å². The summed E-state index contributed by atoms with van der Waals surface area (Å²) >= 11 is 0. The van der Waals surface area contributed by atoms with Gasteiger partial charge in [-0.25, -0.2) is 50.5 Å². The van der Waals surface area contributed by atoms with Crippen LogP contribution >= 0.6 is 23.0 Å². The highest BCUT2D eigenvalue weighted by molar-refractivity contribution is 7.93. The molecule has 1 aliphatic heterocycles. The Kier molecular flexibility index (Phi) is 28.2. The van der Waals surface area contributed by atoms with Gasteiger partial charge in [-0.2, -0.15) is 0 Å². The van der Waals surface area contributed by atoms with Crippen molar-refractivity contribution in [3.05, 3.63) is 367 Å². The minimum absolute atomic E-state index is 0.133. The molecule has 12 aromatic rings. The summed E-state index contributed by atoms with van der Waals surface area (Å²) < 4.78 is 267. The first-order valence-corrected chi connectivity index (χ1v) is 51.2. The number of ether oxygens (including phenoxy) is 6. The lowest BCUT2D eigenvalue weighted by atomic mass is 10.3. The SMILES string of the molecule is C=CCOc1ccc(S(=O)(=O)c2ccc(OP3(Oc4ccc(S(=O)(=O)c5ccc(OCC=C)cc5)cc4)=NP(Oc4ccc(S(=O)(=O)c5ccc(OCC=C)cc5)cc4)(Oc4ccc(S(=O)(=O)c5ccc(OCC=C)cc5)cc4)=NP(Oc4ccc(S(=O)(=O)c5ccc(OCC=C)cc5)cc4)(Oc4ccc(S(=O)(=O)c5ccc(OCC=C)cc5)cc4)=N3)cc2)cc1. The first-order chi connectivity index (χ1) is 60.4. The smallest absolute Gasteiger partial charge is 0.460 e. The molecule has 0 radical (unpaired) electrons. The molecule has 13 rings (SSSR count). The first-order valence-electron chi connectivity index (χ1n) is 37.7. The van der Waals surface area contributed by atoms with Crippen LogP contribution in [0.15, 0.2) is 439 Å². The molecule has 126 heavy (non-hydrogen) atoms. The van der Waals surface area contributed by atoms with Gasteiger partial charge >= 0.3 is 23.0 Å². The fourth-order valence-corrected chi connectivity index (χ4v) is 28.3. The topological polar surface area (TPSA) is 353 Å². The average Bonchev–Trinajstić information content (AvgIpc) is 0.724. The molecule has 1 aliphatic rings. The molecule has 0 aromatic heterocycles. The summed E-state index contributed by atoms with van der Waals surface area (Å²) in [4.78, 5) is -2.49. The molecular formula is C90H78N3O24P3S6. The summed E-state index contributed by atoms with van der Waals surface area (Å²) in [5.41, 5.74) is 0. The molecule has 648 valence electrons. The van der Waals surface area contributed by atoms with E-state index in [1.807, 2.05) is 0 Å². The Morgan fingerprint density at radius 2 is 0.270 bits per heavy atom. The van der Waals surface area contributed by atoms with Crippen LogP contribution in [0, 0.1) is 0 Å². The molecule has 27 nitrogen and oxygen atoms in total. The maximum absolute atomic E-state index is 14.6. The monoisotopic (exact) mass is 1870 g/mol. The maximum atomic E-state index is 14.6. The molecule has 36 heteroatoms. The average molecular weight is 1870 g/mol. The van der Waals surface area contributed by atoms with Gasteiger partial charge in [-0.15, -0.1) is 0 Å². The standard InChI is InChI=1S/C90H78N3O24P3S6/c1-7-61-106-67-13-37-79(38-14-67)121(94,95)85-49-25-73(26-50-85)112-118(113-74-27-51-86(52-28-74)122(96,97)80-39-15-68(16-40-80)107-62-8-2)91-119(114-75-29-53-87(54-30-75)123(98,99)81-41-17-69(18-42-81)108-63-9-3,115-76-31-55-88(56-32-76)124(100,101)82-43-19-70(20-44-82)109-64-10-4)93-120(92-118,116-77-33-57-89(58-34-77)125(102,103)83-45-21-71(22-46-83)110-65-11-5)117-78-35-59-90(60-36-78)126(104,105)84-47-23-72(24-48-84)111-66-12-6/h7-60H,1-6,61-66H2. The van der Waals surface area contributed by atoms with Crippen LogP contribution in [0.5, 0.6) is 69.0 Å². The predicted octanol–water partition coefficient (Wildman–Crippen LogP) is 20.7. The van der Waals surface area contributed by atoms with Gasteiger partial charge in [0.1, 0.15) is 109 Å². The van der Waals surface area contributed by atoms with E-state index in [0.29, 0.717) is 34.5 Å². The molecule has 0 bridgehead atoms. The summed E-state index contributed by atoms with van der Waals surface area (Å²) in [6.07, 6.45) is 9.11. The number of nitrogens with zero attached hydrogens (tertiary/aromatic N) is 3. The van der Waals surface area contributed by atoms with E-state index < -0.39 is 82.0 Å². The van der Waals surface area contributed by atoms with E-state index in [1.165, 1.54) is 328 Å². The van der Waals surface area contributed by atoms with Gasteiger partial charge in [-0.3, -0.25) is 0 Å². The summed E-state index contributed by atoms with van der Waals surface area (Å²) in [6, 6.07) is 62.8. The van der Waals surface area contributed by atoms with E-state index in [2.05, 4.69) is 39.5 Å². The second kappa shape index (κ2) is 39.1. The van der Waals surface area contributed by atoms with Crippen molar-refractivity contribution in [3.63, 3.8) is 0 Å². The second-order valence-corrected chi connectivity index (χ2v) is 44.4. The predicted molar refractivity (Wildman–Crippen MR) is 476 cm³/mol. The fourth-order valence-electron chi connectivity index (χ4n) is 11.7. The third-order valence-electron chi connectivity index (χ3n) is 17.8. The molecule has 0 N–H and O–H groups in total. The minimum atomic E-state index is -5.27. The molecule has 1 heterocycles. The molecule has 0 aliphatic carbocycles. The number of hydrogen-bond donors (Lipinski definition) is 0. The second-order valence-electron chi connectivity index (χ2n) is 26.6. The van der Waals surface area contributed by atoms with Gasteiger partial charge in [-0.1, -0.05) is 89.5 Å². The summed E-state index contributed by atoms with van der Waals surface area (Å²) in [5, 5.41) is 0. The van der Waals surface area contributed by atoms with Crippen LogP contribution in [-0.4, -0.2) is 90.1 Å². The van der Waals surface area contributed by atoms with Crippen molar-refractivity contribution in [1.82, 2.24) is 0 Å². The lowest BCUT2D eigenvalue weighted by Gasteiger charge is -2.33. The van der Waals surface area contributed by atoms with E-state index >= 15 is 0 Å². The Bertz CT molecular complexity index is 5860. The minimum Gasteiger partial charge on any atom is -0.490 e. The molecule has 0 spiro atoms. The van der Waals surface area contributed by atoms with Crippen molar-refractivity contribution in [3.8, 4) is 69.0 Å². The van der Waals surface area contributed by atoms with Crippen LogP contribution in [-0.2, 0) is 59.0 Å². The Labute approximate surface area is 730 Å². The van der Waals surface area contributed by atoms with E-state index in [0.717, 1.165) is 0 Å². The zero-order valence-corrected chi connectivity index (χ0v) is 74.2. The lowest BCUT2D eigenvalue weighted by Crippen LogP contribution is -2.12. The van der Waals surface area contributed by atoms with Crippen molar-refractivity contribution in [1.29, 1.82) is 0 Å². The highest BCUT2D eigenvalue weighted by atomic mass is 32.2. The van der Waals surface area contributed by atoms with Gasteiger partial charge in [0.05, 0.1) is 58.7 Å². The molecule has 12 aromatic carbocycles. The van der Waals surface area contributed by atoms with Crippen LogP contribution in [0.25, 0.3) is 0 Å². The molecule has 0 atom stereocenters. The van der Waals surface area contributed by atoms with Gasteiger partial charge in [0.15, 0.2) is 0 Å².